The van der Waals surface area contributed by atoms with Gasteiger partial charge in [0.25, 0.3) is 0 Å². The number of anilines is 1. The van der Waals surface area contributed by atoms with Gasteiger partial charge in [0.05, 0.1) is 16.8 Å². The monoisotopic (exact) mass is 365 g/mol. The maximum Gasteiger partial charge on any atom is 0.417 e. The normalized spacial score (nSPS) is 27.6. The molecule has 1 aromatic rings. The molecule has 0 unspecified atom stereocenters. The third-order valence-corrected chi connectivity index (χ3v) is 6.05. The lowest BCUT2D eigenvalue weighted by Gasteiger charge is -2.29. The van der Waals surface area contributed by atoms with Crippen LogP contribution in [0.2, 0.25) is 0 Å². The van der Waals surface area contributed by atoms with Gasteiger partial charge in [-0.3, -0.25) is 4.79 Å². The number of carbonyl (C=O) groups is 1. The highest BCUT2D eigenvalue weighted by molar-refractivity contribution is 5.68. The summed E-state index contributed by atoms with van der Waals surface area (Å²) >= 11 is 0. The van der Waals surface area contributed by atoms with E-state index in [9.17, 15) is 23.2 Å². The Morgan fingerprint density at radius 2 is 2.00 bits per heavy atom. The summed E-state index contributed by atoms with van der Waals surface area (Å²) in [4.78, 5) is 17.1. The maximum atomic E-state index is 13.5. The number of alkyl halides is 3. The van der Waals surface area contributed by atoms with Crippen LogP contribution >= 0.6 is 0 Å². The molecule has 26 heavy (non-hydrogen) atoms. The molecule has 3 atom stereocenters. The number of nitriles is 1. The number of pyridine rings is 1. The van der Waals surface area contributed by atoms with Crippen LogP contribution in [-0.2, 0) is 11.0 Å². The minimum Gasteiger partial charge on any atom is -0.481 e. The van der Waals surface area contributed by atoms with Crippen LogP contribution in [0.1, 0.15) is 48.4 Å². The van der Waals surface area contributed by atoms with E-state index < -0.39 is 17.7 Å². The Morgan fingerprint density at radius 3 is 2.46 bits per heavy atom. The molecule has 3 fully saturated rings. The van der Waals surface area contributed by atoms with E-state index in [1.165, 1.54) is 0 Å². The fourth-order valence-electron chi connectivity index (χ4n) is 4.37. The third kappa shape index (κ3) is 2.79. The summed E-state index contributed by atoms with van der Waals surface area (Å²) in [6, 6.07) is 2.70. The summed E-state index contributed by atoms with van der Waals surface area (Å²) < 4.78 is 40.5. The highest BCUT2D eigenvalue weighted by Gasteiger charge is 2.56. The number of rotatable bonds is 4. The number of nitrogens with zero attached hydrogens (tertiary/aromatic N) is 3. The van der Waals surface area contributed by atoms with Crippen molar-refractivity contribution < 1.29 is 23.1 Å². The second-order valence-corrected chi connectivity index (χ2v) is 7.52. The van der Waals surface area contributed by atoms with Gasteiger partial charge in [0.15, 0.2) is 0 Å². The molecule has 2 aliphatic carbocycles. The molecule has 2 heterocycles. The Balaban J connectivity index is 1.64. The van der Waals surface area contributed by atoms with E-state index in [1.807, 2.05) is 4.90 Å². The zero-order chi connectivity index (χ0) is 18.6. The average molecular weight is 365 g/mol. The zero-order valence-electron chi connectivity index (χ0n) is 14.0. The SMILES string of the molecule is N#Cc1c(C(F)(F)F)cc(N2C[C@@H]3[C@@H](CC(=O)O)[C@@H]3C2)nc1C1CCC1. The van der Waals surface area contributed by atoms with E-state index in [0.717, 1.165) is 25.3 Å². The molecule has 1 aliphatic heterocycles. The first kappa shape index (κ1) is 17.1. The quantitative estimate of drug-likeness (QED) is 0.885. The number of hydrogen-bond acceptors (Lipinski definition) is 4. The molecule has 0 aromatic carbocycles. The van der Waals surface area contributed by atoms with Crippen LogP contribution in [0.15, 0.2) is 6.07 Å². The standard InChI is InChI=1S/C18H18F3N3O2/c19-18(20,21)14-5-15(23-17(11(14)6-22)9-2-1-3-9)24-7-12-10(4-16(25)26)13(12)8-24/h5,9-10,12-13H,1-4,7-8H2,(H,25,26)/t10-,12-,13+. The van der Waals surface area contributed by atoms with Gasteiger partial charge in [-0.2, -0.15) is 18.4 Å². The van der Waals surface area contributed by atoms with Crippen molar-refractivity contribution in [2.45, 2.75) is 37.8 Å². The molecule has 4 rings (SSSR count). The Morgan fingerprint density at radius 1 is 1.35 bits per heavy atom. The van der Waals surface area contributed by atoms with E-state index >= 15 is 0 Å². The van der Waals surface area contributed by atoms with Crippen LogP contribution in [0.5, 0.6) is 0 Å². The van der Waals surface area contributed by atoms with Gasteiger partial charge >= 0.3 is 12.1 Å². The summed E-state index contributed by atoms with van der Waals surface area (Å²) in [5.41, 5.74) is -0.986. The summed E-state index contributed by atoms with van der Waals surface area (Å²) in [5.74, 6) is -0.105. The Bertz CT molecular complexity index is 786. The third-order valence-electron chi connectivity index (χ3n) is 6.05. The number of fused-ring (bicyclic) bond motifs is 1. The predicted molar refractivity (Wildman–Crippen MR) is 85.5 cm³/mol. The molecule has 3 aliphatic rings. The van der Waals surface area contributed by atoms with Gasteiger partial charge in [-0.25, -0.2) is 4.98 Å². The average Bonchev–Trinajstić information content (AvgIpc) is 2.94. The van der Waals surface area contributed by atoms with Gasteiger partial charge in [-0.15, -0.1) is 0 Å². The minimum absolute atomic E-state index is 0.0809. The topological polar surface area (TPSA) is 77.2 Å². The van der Waals surface area contributed by atoms with Crippen molar-refractivity contribution in [3.05, 3.63) is 22.9 Å². The fourth-order valence-corrected chi connectivity index (χ4v) is 4.37. The van der Waals surface area contributed by atoms with Crippen LogP contribution in [-0.4, -0.2) is 29.1 Å². The number of hydrogen-bond donors (Lipinski definition) is 1. The van der Waals surface area contributed by atoms with Crippen LogP contribution in [0.25, 0.3) is 0 Å². The van der Waals surface area contributed by atoms with E-state index in [-0.39, 0.29) is 47.2 Å². The summed E-state index contributed by atoms with van der Waals surface area (Å²) in [7, 11) is 0. The van der Waals surface area contributed by atoms with Gasteiger partial charge in [0, 0.05) is 25.4 Å². The second kappa shape index (κ2) is 5.86. The van der Waals surface area contributed by atoms with Gasteiger partial charge in [-0.1, -0.05) is 6.42 Å². The molecule has 8 heteroatoms. The van der Waals surface area contributed by atoms with Crippen molar-refractivity contribution >= 4 is 11.8 Å². The molecule has 0 radical (unpaired) electrons. The van der Waals surface area contributed by atoms with Crippen molar-refractivity contribution in [3.8, 4) is 6.07 Å². The number of carboxylic acid groups (broad SMARTS) is 1. The van der Waals surface area contributed by atoms with Gasteiger partial charge in [0.1, 0.15) is 11.9 Å². The summed E-state index contributed by atoms with van der Waals surface area (Å²) in [5, 5.41) is 18.2. The van der Waals surface area contributed by atoms with Crippen LogP contribution in [0.3, 0.4) is 0 Å². The molecule has 1 N–H and O–H groups in total. The van der Waals surface area contributed by atoms with Crippen molar-refractivity contribution in [3.63, 3.8) is 0 Å². The predicted octanol–water partition coefficient (Wildman–Crippen LogP) is 3.40. The molecule has 0 bridgehead atoms. The second-order valence-electron chi connectivity index (χ2n) is 7.52. The van der Waals surface area contributed by atoms with E-state index in [2.05, 4.69) is 4.98 Å². The summed E-state index contributed by atoms with van der Waals surface area (Å²) in [6.45, 7) is 1.06. The Hall–Kier alpha value is -2.30. The lowest BCUT2D eigenvalue weighted by atomic mass is 9.80. The Kier molecular flexibility index (Phi) is 3.86. The van der Waals surface area contributed by atoms with Crippen LogP contribution in [0, 0.1) is 29.1 Å². The highest BCUT2D eigenvalue weighted by Crippen LogP contribution is 2.54. The van der Waals surface area contributed by atoms with Gasteiger partial charge in [-0.05, 0) is 36.7 Å². The number of aliphatic carboxylic acids is 1. The summed E-state index contributed by atoms with van der Waals surface area (Å²) in [6.07, 6.45) is -2.03. The number of piperidine rings is 1. The largest absolute Gasteiger partial charge is 0.481 e. The van der Waals surface area contributed by atoms with Crippen molar-refractivity contribution in [2.24, 2.45) is 17.8 Å². The van der Waals surface area contributed by atoms with Crippen molar-refractivity contribution in [2.75, 3.05) is 18.0 Å². The minimum atomic E-state index is -4.60. The lowest BCUT2D eigenvalue weighted by molar-refractivity contribution is -0.138. The highest BCUT2D eigenvalue weighted by atomic mass is 19.4. The molecule has 1 saturated heterocycles. The number of carboxylic acids is 1. The fraction of sp³-hybridized carbons (Fsp3) is 0.611. The van der Waals surface area contributed by atoms with Crippen LogP contribution < -0.4 is 4.90 Å². The molecule has 138 valence electrons. The number of aromatic nitrogens is 1. The molecular weight excluding hydrogens is 347 g/mol. The van der Waals surface area contributed by atoms with Crippen molar-refractivity contribution in [1.82, 2.24) is 4.98 Å². The Labute approximate surface area is 148 Å². The van der Waals surface area contributed by atoms with Crippen LogP contribution in [0.4, 0.5) is 19.0 Å². The first-order valence-electron chi connectivity index (χ1n) is 8.78. The zero-order valence-corrected chi connectivity index (χ0v) is 14.0. The molecular formula is C18H18F3N3O2. The van der Waals surface area contributed by atoms with E-state index in [0.29, 0.717) is 13.1 Å². The number of halogens is 3. The van der Waals surface area contributed by atoms with Crippen molar-refractivity contribution in [1.29, 1.82) is 5.26 Å². The van der Waals surface area contributed by atoms with Gasteiger partial charge < -0.3 is 10.0 Å². The molecule has 0 spiro atoms. The van der Waals surface area contributed by atoms with E-state index in [1.54, 1.807) is 6.07 Å². The van der Waals surface area contributed by atoms with E-state index in [4.69, 9.17) is 5.11 Å². The molecule has 2 saturated carbocycles. The maximum absolute atomic E-state index is 13.5. The van der Waals surface area contributed by atoms with Gasteiger partial charge in [0.2, 0.25) is 0 Å². The molecule has 1 aromatic heterocycles. The smallest absolute Gasteiger partial charge is 0.417 e. The first-order chi connectivity index (χ1) is 12.3. The molecule has 5 nitrogen and oxygen atoms in total. The molecule has 0 amide bonds. The first-order valence-corrected chi connectivity index (χ1v) is 8.78. The lowest BCUT2D eigenvalue weighted by Crippen LogP contribution is -2.27.